The Kier molecular flexibility index (Phi) is 5.42. The van der Waals surface area contributed by atoms with Crippen molar-refractivity contribution in [2.75, 3.05) is 0 Å². The molecule has 0 fully saturated rings. The molecule has 1 aliphatic rings. The van der Waals surface area contributed by atoms with Crippen molar-refractivity contribution in [2.45, 2.75) is 57.0 Å². The van der Waals surface area contributed by atoms with Gasteiger partial charge in [0.05, 0.1) is 0 Å². The number of hydrogen-bond acceptors (Lipinski definition) is 4. The maximum atomic E-state index is 4.68. The Morgan fingerprint density at radius 2 is 1.97 bits per heavy atom. The van der Waals surface area contributed by atoms with E-state index in [0.717, 1.165) is 22.7 Å². The van der Waals surface area contributed by atoms with Gasteiger partial charge in [0.15, 0.2) is 11.0 Å². The predicted octanol–water partition coefficient (Wildman–Crippen LogP) is 7.16. The lowest BCUT2D eigenvalue weighted by Crippen LogP contribution is -2.10. The van der Waals surface area contributed by atoms with E-state index in [-0.39, 0.29) is 0 Å². The first-order valence-electron chi connectivity index (χ1n) is 10.8. The zero-order valence-corrected chi connectivity index (χ0v) is 19.4. The normalized spacial score (nSPS) is 16.3. The van der Waals surface area contributed by atoms with Gasteiger partial charge in [0.25, 0.3) is 0 Å². The van der Waals surface area contributed by atoms with Crippen molar-refractivity contribution in [1.82, 2.24) is 14.8 Å². The van der Waals surface area contributed by atoms with Gasteiger partial charge in [-0.15, -0.1) is 21.5 Å². The minimum atomic E-state index is 0.322. The van der Waals surface area contributed by atoms with Gasteiger partial charge in [0.1, 0.15) is 0 Å². The van der Waals surface area contributed by atoms with E-state index in [2.05, 4.69) is 83.4 Å². The molecule has 1 atom stereocenters. The second kappa shape index (κ2) is 8.20. The average Bonchev–Trinajstić information content (AvgIpc) is 3.35. The molecule has 4 aromatic rings. The topological polar surface area (TPSA) is 30.7 Å². The Labute approximate surface area is 186 Å². The molecule has 0 N–H and O–H groups in total. The summed E-state index contributed by atoms with van der Waals surface area (Å²) in [5, 5.41) is 15.3. The summed E-state index contributed by atoms with van der Waals surface area (Å²) in [5.74, 6) is 2.72. The van der Waals surface area contributed by atoms with Gasteiger partial charge >= 0.3 is 0 Å². The van der Waals surface area contributed by atoms with Gasteiger partial charge in [-0.3, -0.25) is 4.57 Å². The van der Waals surface area contributed by atoms with Crippen molar-refractivity contribution < 1.29 is 0 Å². The summed E-state index contributed by atoms with van der Waals surface area (Å²) in [6.45, 7) is 6.83. The Morgan fingerprint density at radius 3 is 2.83 bits per heavy atom. The van der Waals surface area contributed by atoms with E-state index in [1.54, 1.807) is 16.6 Å². The van der Waals surface area contributed by atoms with Crippen LogP contribution in [0.5, 0.6) is 0 Å². The molecular formula is C25H27N3S2. The van der Waals surface area contributed by atoms with E-state index in [1.807, 2.05) is 11.3 Å². The van der Waals surface area contributed by atoms with Crippen molar-refractivity contribution in [1.29, 1.82) is 0 Å². The Hall–Kier alpha value is -2.11. The highest BCUT2D eigenvalue weighted by atomic mass is 32.2. The van der Waals surface area contributed by atoms with E-state index in [4.69, 9.17) is 0 Å². The number of nitrogens with zero attached hydrogens (tertiary/aromatic N) is 3. The number of benzene rings is 2. The third kappa shape index (κ3) is 3.58. The van der Waals surface area contributed by atoms with Gasteiger partial charge in [0, 0.05) is 27.6 Å². The summed E-state index contributed by atoms with van der Waals surface area (Å²) in [6, 6.07) is 15.5. The van der Waals surface area contributed by atoms with Gasteiger partial charge in [-0.25, -0.2) is 0 Å². The number of aromatic nitrogens is 3. The predicted molar refractivity (Wildman–Crippen MR) is 128 cm³/mol. The van der Waals surface area contributed by atoms with Gasteiger partial charge in [-0.05, 0) is 60.9 Å². The minimum Gasteiger partial charge on any atom is -0.299 e. The number of thiophene rings is 1. The Bertz CT molecular complexity index is 1180. The first-order valence-corrected chi connectivity index (χ1v) is 12.6. The first-order chi connectivity index (χ1) is 14.6. The Balaban J connectivity index is 1.47. The lowest BCUT2D eigenvalue weighted by Gasteiger charge is -2.20. The number of thioether (sulfide) groups is 1. The van der Waals surface area contributed by atoms with Crippen LogP contribution in [0.15, 0.2) is 53.0 Å². The van der Waals surface area contributed by atoms with E-state index in [0.29, 0.717) is 6.04 Å². The van der Waals surface area contributed by atoms with Crippen LogP contribution in [0.3, 0.4) is 0 Å². The molecule has 5 heteroatoms. The van der Waals surface area contributed by atoms with Crippen molar-refractivity contribution in [2.24, 2.45) is 5.92 Å². The maximum Gasteiger partial charge on any atom is 0.192 e. The molecule has 0 saturated carbocycles. The first kappa shape index (κ1) is 19.8. The lowest BCUT2D eigenvalue weighted by atomic mass is 9.88. The highest BCUT2D eigenvalue weighted by Gasteiger charge is 2.25. The largest absolute Gasteiger partial charge is 0.299 e. The number of fused-ring (bicyclic) bond motifs is 2. The second-order valence-electron chi connectivity index (χ2n) is 8.60. The summed E-state index contributed by atoms with van der Waals surface area (Å²) in [5.41, 5.74) is 4.16. The van der Waals surface area contributed by atoms with Crippen LogP contribution < -0.4 is 0 Å². The lowest BCUT2D eigenvalue weighted by molar-refractivity contribution is 0.507. The molecule has 0 aliphatic heterocycles. The fourth-order valence-corrected chi connectivity index (χ4v) is 6.76. The van der Waals surface area contributed by atoms with Crippen molar-refractivity contribution in [3.05, 3.63) is 63.8 Å². The number of rotatable bonds is 5. The van der Waals surface area contributed by atoms with Gasteiger partial charge in [-0.2, -0.15) is 0 Å². The summed E-state index contributed by atoms with van der Waals surface area (Å²) >= 11 is 3.70. The second-order valence-corrected chi connectivity index (χ2v) is 10.5. The molecule has 2 aromatic heterocycles. The van der Waals surface area contributed by atoms with Crippen LogP contribution in [0.2, 0.25) is 0 Å². The molecular weight excluding hydrogens is 406 g/mol. The van der Waals surface area contributed by atoms with Crippen LogP contribution in [0.4, 0.5) is 0 Å². The highest BCUT2D eigenvalue weighted by molar-refractivity contribution is 7.98. The summed E-state index contributed by atoms with van der Waals surface area (Å²) in [4.78, 5) is 1.55. The van der Waals surface area contributed by atoms with Gasteiger partial charge in [-0.1, -0.05) is 61.2 Å². The molecule has 1 unspecified atom stereocenters. The quantitative estimate of drug-likeness (QED) is 0.313. The SMILES string of the molecule is CC1CCc2c(-c3nnc(SCc4cccc5ccccc45)n3C(C)C)csc2C1. The molecule has 154 valence electrons. The molecule has 1 aliphatic carbocycles. The van der Waals surface area contributed by atoms with Gasteiger partial charge < -0.3 is 0 Å². The van der Waals surface area contributed by atoms with Crippen LogP contribution in [0, 0.1) is 5.92 Å². The molecule has 2 aromatic carbocycles. The molecule has 5 rings (SSSR count). The van der Waals surface area contributed by atoms with E-state index < -0.39 is 0 Å². The molecule has 30 heavy (non-hydrogen) atoms. The molecule has 0 bridgehead atoms. The van der Waals surface area contributed by atoms with Crippen LogP contribution in [0.1, 0.15) is 49.2 Å². The highest BCUT2D eigenvalue weighted by Crippen LogP contribution is 2.39. The summed E-state index contributed by atoms with van der Waals surface area (Å²) in [6.07, 6.45) is 3.65. The fourth-order valence-electron chi connectivity index (χ4n) is 4.45. The molecule has 0 amide bonds. The zero-order chi connectivity index (χ0) is 20.7. The molecule has 3 nitrogen and oxygen atoms in total. The zero-order valence-electron chi connectivity index (χ0n) is 17.8. The van der Waals surface area contributed by atoms with E-state index >= 15 is 0 Å². The fraction of sp³-hybridized carbons (Fsp3) is 0.360. The van der Waals surface area contributed by atoms with Crippen molar-refractivity contribution in [3.63, 3.8) is 0 Å². The van der Waals surface area contributed by atoms with Crippen LogP contribution in [-0.2, 0) is 18.6 Å². The third-order valence-electron chi connectivity index (χ3n) is 6.06. The van der Waals surface area contributed by atoms with Crippen LogP contribution >= 0.6 is 23.1 Å². The number of hydrogen-bond donors (Lipinski definition) is 0. The van der Waals surface area contributed by atoms with E-state index in [1.165, 1.54) is 46.7 Å². The summed E-state index contributed by atoms with van der Waals surface area (Å²) < 4.78 is 2.33. The van der Waals surface area contributed by atoms with Crippen molar-refractivity contribution >= 4 is 33.9 Å². The molecule has 0 saturated heterocycles. The maximum absolute atomic E-state index is 4.68. The van der Waals surface area contributed by atoms with Crippen molar-refractivity contribution in [3.8, 4) is 11.4 Å². The Morgan fingerprint density at radius 1 is 1.13 bits per heavy atom. The van der Waals surface area contributed by atoms with Crippen LogP contribution in [0.25, 0.3) is 22.2 Å². The van der Waals surface area contributed by atoms with E-state index in [9.17, 15) is 0 Å². The molecule has 0 spiro atoms. The smallest absolute Gasteiger partial charge is 0.192 e. The van der Waals surface area contributed by atoms with Gasteiger partial charge in [0.2, 0.25) is 0 Å². The minimum absolute atomic E-state index is 0.322. The average molecular weight is 434 g/mol. The van der Waals surface area contributed by atoms with Crippen LogP contribution in [-0.4, -0.2) is 14.8 Å². The standard InChI is InChI=1S/C25H27N3S2/c1-16(2)28-24(22-15-29-23-13-17(3)11-12-21(22)23)26-27-25(28)30-14-19-9-6-8-18-7-4-5-10-20(18)19/h4-10,15-17H,11-14H2,1-3H3. The summed E-state index contributed by atoms with van der Waals surface area (Å²) in [7, 11) is 0. The molecule has 0 radical (unpaired) electrons. The monoisotopic (exact) mass is 433 g/mol. The third-order valence-corrected chi connectivity index (χ3v) is 8.10. The molecule has 2 heterocycles.